The van der Waals surface area contributed by atoms with E-state index in [2.05, 4.69) is 20.3 Å². The molecule has 2 atom stereocenters. The third-order valence-corrected chi connectivity index (χ3v) is 6.86. The van der Waals surface area contributed by atoms with Crippen molar-refractivity contribution in [2.45, 2.75) is 37.7 Å². The average Bonchev–Trinajstić information content (AvgIpc) is 3.32. The Morgan fingerprint density at radius 1 is 1.00 bits per heavy atom. The van der Waals surface area contributed by atoms with E-state index >= 15 is 0 Å². The number of anilines is 4. The van der Waals surface area contributed by atoms with Gasteiger partial charge in [-0.25, -0.2) is 9.97 Å². The highest BCUT2D eigenvalue weighted by Gasteiger charge is 2.41. The second-order valence-corrected chi connectivity index (χ2v) is 9.27. The Balaban J connectivity index is 1.52. The second-order valence-electron chi connectivity index (χ2n) is 9.27. The smallest absolute Gasteiger partial charge is 0.381 e. The summed E-state index contributed by atoms with van der Waals surface area (Å²) in [6, 6.07) is 6.31. The number of nitrogens with one attached hydrogen (secondary N) is 1. The molecule has 4 heterocycles. The van der Waals surface area contributed by atoms with Gasteiger partial charge in [-0.2, -0.15) is 31.3 Å². The molecule has 3 N–H and O–H groups in total. The maximum Gasteiger partial charge on any atom is 0.419 e. The number of ether oxygens (including phenoxy) is 1. The fraction of sp³-hybridized carbons (Fsp3) is 0.400. The zero-order chi connectivity index (χ0) is 27.1. The van der Waals surface area contributed by atoms with E-state index in [0.29, 0.717) is 42.4 Å². The average molecular weight is 538 g/mol. The molecule has 3 aromatic rings. The van der Waals surface area contributed by atoms with Gasteiger partial charge in [-0.15, -0.1) is 0 Å². The second kappa shape index (κ2) is 9.93. The van der Waals surface area contributed by atoms with Crippen LogP contribution >= 0.6 is 0 Å². The van der Waals surface area contributed by atoms with E-state index in [1.165, 1.54) is 24.4 Å². The standard InChI is InChI=1S/C25H24F6N6O/c26-24(27,28)15-3-5-16(6-4-15)34-21-17-7-10-37(22-18(25(29,30)31)2-1-9-33-22)20(14-8-11-38-13-14)12-19(17)35-23(32)36-21/h1-6,9,14,20H,7-8,10-13H2,(H3,32,34,35,36). The first-order valence-corrected chi connectivity index (χ1v) is 12.0. The molecule has 2 unspecified atom stereocenters. The predicted octanol–water partition coefficient (Wildman–Crippen LogP) is 5.25. The third-order valence-electron chi connectivity index (χ3n) is 6.86. The van der Waals surface area contributed by atoms with E-state index in [1.54, 1.807) is 4.90 Å². The molecule has 7 nitrogen and oxygen atoms in total. The van der Waals surface area contributed by atoms with Crippen LogP contribution in [0.3, 0.4) is 0 Å². The number of rotatable bonds is 4. The van der Waals surface area contributed by atoms with Gasteiger partial charge < -0.3 is 20.7 Å². The molecule has 0 saturated carbocycles. The van der Waals surface area contributed by atoms with Crippen molar-refractivity contribution in [2.75, 3.05) is 35.7 Å². The van der Waals surface area contributed by atoms with Crippen LogP contribution in [-0.4, -0.2) is 40.8 Å². The van der Waals surface area contributed by atoms with Gasteiger partial charge in [0.15, 0.2) is 0 Å². The minimum absolute atomic E-state index is 0.0538. The molecular formula is C25H24F6N6O. The molecule has 5 rings (SSSR count). The molecule has 2 aromatic heterocycles. The Hall–Kier alpha value is -3.61. The monoisotopic (exact) mass is 538 g/mol. The zero-order valence-electron chi connectivity index (χ0n) is 20.0. The molecule has 0 bridgehead atoms. The molecule has 1 saturated heterocycles. The molecule has 0 spiro atoms. The summed E-state index contributed by atoms with van der Waals surface area (Å²) in [7, 11) is 0. The fourth-order valence-corrected chi connectivity index (χ4v) is 5.06. The number of halogens is 6. The number of alkyl halides is 6. The number of hydrogen-bond acceptors (Lipinski definition) is 7. The van der Waals surface area contributed by atoms with E-state index in [-0.39, 0.29) is 37.1 Å². The summed E-state index contributed by atoms with van der Waals surface area (Å²) in [5.74, 6) is 0.0175. The van der Waals surface area contributed by atoms with Crippen molar-refractivity contribution < 1.29 is 31.1 Å². The molecule has 0 aliphatic carbocycles. The molecule has 1 fully saturated rings. The Morgan fingerprint density at radius 2 is 1.76 bits per heavy atom. The lowest BCUT2D eigenvalue weighted by atomic mass is 9.93. The lowest BCUT2D eigenvalue weighted by molar-refractivity contribution is -0.138. The van der Waals surface area contributed by atoms with Gasteiger partial charge in [0.1, 0.15) is 11.6 Å². The summed E-state index contributed by atoms with van der Waals surface area (Å²) in [5.41, 5.74) is 5.91. The maximum absolute atomic E-state index is 13.9. The van der Waals surface area contributed by atoms with Gasteiger partial charge in [0.05, 0.1) is 23.4 Å². The van der Waals surface area contributed by atoms with Gasteiger partial charge in [0.25, 0.3) is 0 Å². The summed E-state index contributed by atoms with van der Waals surface area (Å²) in [4.78, 5) is 14.5. The quantitative estimate of drug-likeness (QED) is 0.439. The van der Waals surface area contributed by atoms with Crippen molar-refractivity contribution in [3.8, 4) is 0 Å². The Morgan fingerprint density at radius 3 is 2.42 bits per heavy atom. The minimum atomic E-state index is -4.60. The van der Waals surface area contributed by atoms with E-state index in [0.717, 1.165) is 18.2 Å². The van der Waals surface area contributed by atoms with Crippen LogP contribution in [0.5, 0.6) is 0 Å². The number of benzene rings is 1. The minimum Gasteiger partial charge on any atom is -0.381 e. The third kappa shape index (κ3) is 5.33. The summed E-state index contributed by atoms with van der Waals surface area (Å²) < 4.78 is 86.2. The van der Waals surface area contributed by atoms with Crippen LogP contribution in [0.1, 0.15) is 28.8 Å². The van der Waals surface area contributed by atoms with Gasteiger partial charge in [-0.05, 0) is 49.2 Å². The van der Waals surface area contributed by atoms with Gasteiger partial charge in [0, 0.05) is 49.0 Å². The highest BCUT2D eigenvalue weighted by atomic mass is 19.4. The van der Waals surface area contributed by atoms with E-state index < -0.39 is 29.5 Å². The van der Waals surface area contributed by atoms with Crippen molar-refractivity contribution in [2.24, 2.45) is 5.92 Å². The van der Waals surface area contributed by atoms with Gasteiger partial charge >= 0.3 is 12.4 Å². The highest BCUT2D eigenvalue weighted by Crippen LogP contribution is 2.40. The highest BCUT2D eigenvalue weighted by molar-refractivity contribution is 5.63. The van der Waals surface area contributed by atoms with E-state index in [1.807, 2.05) is 0 Å². The first-order chi connectivity index (χ1) is 18.0. The number of nitrogens with two attached hydrogens (primary N) is 1. The molecule has 1 aromatic carbocycles. The Kier molecular flexibility index (Phi) is 6.80. The van der Waals surface area contributed by atoms with Gasteiger partial charge in [-0.3, -0.25) is 0 Å². The number of aromatic nitrogens is 3. The molecule has 13 heteroatoms. The fourth-order valence-electron chi connectivity index (χ4n) is 5.06. The summed E-state index contributed by atoms with van der Waals surface area (Å²) in [6.45, 7) is 1.08. The topological polar surface area (TPSA) is 89.2 Å². The van der Waals surface area contributed by atoms with Crippen LogP contribution in [0, 0.1) is 5.92 Å². The number of fused-ring (bicyclic) bond motifs is 1. The van der Waals surface area contributed by atoms with Crippen molar-refractivity contribution in [3.63, 3.8) is 0 Å². The lowest BCUT2D eigenvalue weighted by Gasteiger charge is -2.35. The molecular weight excluding hydrogens is 514 g/mol. The van der Waals surface area contributed by atoms with Crippen molar-refractivity contribution >= 4 is 23.3 Å². The molecule has 38 heavy (non-hydrogen) atoms. The first kappa shape index (κ1) is 26.0. The number of pyridine rings is 1. The van der Waals surface area contributed by atoms with Crippen LogP contribution in [0.15, 0.2) is 42.6 Å². The molecule has 2 aliphatic heterocycles. The first-order valence-electron chi connectivity index (χ1n) is 12.0. The number of nitrogen functional groups attached to an aromatic ring is 1. The van der Waals surface area contributed by atoms with Crippen LogP contribution in [-0.2, 0) is 29.9 Å². The lowest BCUT2D eigenvalue weighted by Crippen LogP contribution is -2.44. The van der Waals surface area contributed by atoms with Crippen LogP contribution in [0.4, 0.5) is 49.6 Å². The number of nitrogens with zero attached hydrogens (tertiary/aromatic N) is 4. The number of hydrogen-bond donors (Lipinski definition) is 2. The Bertz CT molecular complexity index is 1290. The van der Waals surface area contributed by atoms with Crippen LogP contribution < -0.4 is 16.0 Å². The SMILES string of the molecule is Nc1nc2c(c(Nc3ccc(C(F)(F)F)cc3)n1)CCN(c1ncccc1C(F)(F)F)C(C1CCOC1)C2. The molecule has 0 radical (unpaired) electrons. The summed E-state index contributed by atoms with van der Waals surface area (Å²) >= 11 is 0. The zero-order valence-corrected chi connectivity index (χ0v) is 20.0. The van der Waals surface area contributed by atoms with Crippen LogP contribution in [0.25, 0.3) is 0 Å². The van der Waals surface area contributed by atoms with Gasteiger partial charge in [-0.1, -0.05) is 0 Å². The largest absolute Gasteiger partial charge is 0.419 e. The van der Waals surface area contributed by atoms with Crippen molar-refractivity contribution in [1.29, 1.82) is 0 Å². The van der Waals surface area contributed by atoms with Crippen molar-refractivity contribution in [1.82, 2.24) is 15.0 Å². The predicted molar refractivity (Wildman–Crippen MR) is 128 cm³/mol. The Labute approximate surface area is 214 Å². The molecule has 2 aliphatic rings. The van der Waals surface area contributed by atoms with Crippen LogP contribution in [0.2, 0.25) is 0 Å². The molecule has 0 amide bonds. The van der Waals surface area contributed by atoms with Gasteiger partial charge in [0.2, 0.25) is 5.95 Å². The van der Waals surface area contributed by atoms with E-state index in [4.69, 9.17) is 10.5 Å². The van der Waals surface area contributed by atoms with Crippen molar-refractivity contribution in [3.05, 3.63) is 65.0 Å². The maximum atomic E-state index is 13.9. The summed E-state index contributed by atoms with van der Waals surface area (Å²) in [6.07, 6.45) is -6.54. The molecule has 202 valence electrons. The summed E-state index contributed by atoms with van der Waals surface area (Å²) in [5, 5.41) is 3.02. The van der Waals surface area contributed by atoms with E-state index in [9.17, 15) is 26.3 Å². The normalized spacial score (nSPS) is 20.2.